The molecule has 0 spiro atoms. The molecule has 1 saturated carbocycles. The van der Waals surface area contributed by atoms with Gasteiger partial charge in [-0.2, -0.15) is 0 Å². The maximum atomic E-state index is 6.19. The lowest BCUT2D eigenvalue weighted by atomic mass is 9.87. The molecule has 0 amide bonds. The number of rotatable bonds is 5. The highest BCUT2D eigenvalue weighted by molar-refractivity contribution is 5.19. The van der Waals surface area contributed by atoms with Crippen LogP contribution in [0.2, 0.25) is 0 Å². The van der Waals surface area contributed by atoms with Crippen LogP contribution in [0.4, 0.5) is 0 Å². The highest BCUT2D eigenvalue weighted by Crippen LogP contribution is 2.29. The first-order valence-corrected chi connectivity index (χ1v) is 8.55. The van der Waals surface area contributed by atoms with Gasteiger partial charge in [-0.05, 0) is 57.6 Å². The summed E-state index contributed by atoms with van der Waals surface area (Å²) in [6.07, 6.45) is 10.1. The minimum absolute atomic E-state index is 0.167. The van der Waals surface area contributed by atoms with Gasteiger partial charge in [0.25, 0.3) is 0 Å². The molecule has 1 fully saturated rings. The van der Waals surface area contributed by atoms with E-state index in [4.69, 9.17) is 9.47 Å². The van der Waals surface area contributed by atoms with E-state index in [-0.39, 0.29) is 17.1 Å². The van der Waals surface area contributed by atoms with E-state index in [0.29, 0.717) is 12.1 Å². The highest BCUT2D eigenvalue weighted by Gasteiger charge is 2.33. The first kappa shape index (κ1) is 17.6. The second-order valence-corrected chi connectivity index (χ2v) is 8.92. The highest BCUT2D eigenvalue weighted by atomic mass is 16.5. The van der Waals surface area contributed by atoms with Gasteiger partial charge in [0, 0.05) is 11.6 Å². The molecule has 0 aromatic carbocycles. The van der Waals surface area contributed by atoms with E-state index in [1.807, 2.05) is 0 Å². The number of hydrogen-bond acceptors (Lipinski definition) is 3. The summed E-state index contributed by atoms with van der Waals surface area (Å²) in [5.74, 6) is 0.954. The van der Waals surface area contributed by atoms with Gasteiger partial charge in [0.1, 0.15) is 5.76 Å². The van der Waals surface area contributed by atoms with E-state index < -0.39 is 0 Å². The van der Waals surface area contributed by atoms with Gasteiger partial charge < -0.3 is 14.8 Å². The third-order valence-corrected chi connectivity index (χ3v) is 3.77. The van der Waals surface area contributed by atoms with Crippen LogP contribution < -0.4 is 5.32 Å². The summed E-state index contributed by atoms with van der Waals surface area (Å²) in [5, 5.41) is 3.63. The van der Waals surface area contributed by atoms with Crippen molar-refractivity contribution >= 4 is 0 Å². The topological polar surface area (TPSA) is 30.5 Å². The minimum Gasteiger partial charge on any atom is -0.493 e. The van der Waals surface area contributed by atoms with E-state index in [1.54, 1.807) is 0 Å². The quantitative estimate of drug-likeness (QED) is 0.826. The predicted octanol–water partition coefficient (Wildman–Crippen LogP) is 4.20. The Morgan fingerprint density at radius 2 is 1.82 bits per heavy atom. The maximum Gasteiger partial charge on any atom is 0.117 e. The number of ether oxygens (including phenoxy) is 2. The van der Waals surface area contributed by atoms with Gasteiger partial charge in [0.2, 0.25) is 0 Å². The third-order valence-electron chi connectivity index (χ3n) is 3.77. The van der Waals surface area contributed by atoms with E-state index in [9.17, 15) is 0 Å². The van der Waals surface area contributed by atoms with Gasteiger partial charge in [-0.1, -0.05) is 26.8 Å². The second kappa shape index (κ2) is 6.76. The maximum absolute atomic E-state index is 6.19. The number of allylic oxidation sites excluding steroid dienone is 1. The Morgan fingerprint density at radius 1 is 1.14 bits per heavy atom. The Balaban J connectivity index is 1.73. The fourth-order valence-electron chi connectivity index (χ4n) is 2.77. The van der Waals surface area contributed by atoms with Gasteiger partial charge in [-0.25, -0.2) is 0 Å². The summed E-state index contributed by atoms with van der Waals surface area (Å²) in [7, 11) is 0. The van der Waals surface area contributed by atoms with Crippen LogP contribution in [0.15, 0.2) is 24.0 Å². The normalized spacial score (nSPS) is 29.0. The monoisotopic (exact) mass is 307 g/mol. The molecule has 1 N–H and O–H groups in total. The molecule has 2 rings (SSSR count). The van der Waals surface area contributed by atoms with Gasteiger partial charge in [0.05, 0.1) is 18.8 Å². The lowest BCUT2D eigenvalue weighted by molar-refractivity contribution is -0.0502. The van der Waals surface area contributed by atoms with E-state index >= 15 is 0 Å². The summed E-state index contributed by atoms with van der Waals surface area (Å²) in [6, 6.07) is 0.602. The van der Waals surface area contributed by atoms with Crippen LogP contribution in [0.1, 0.15) is 60.8 Å². The zero-order valence-electron chi connectivity index (χ0n) is 15.1. The van der Waals surface area contributed by atoms with Crippen molar-refractivity contribution in [3.05, 3.63) is 24.0 Å². The third kappa shape index (κ3) is 6.13. The van der Waals surface area contributed by atoms with Crippen molar-refractivity contribution in [2.45, 2.75) is 84.6 Å². The summed E-state index contributed by atoms with van der Waals surface area (Å²) < 4.78 is 12.1. The fourth-order valence-corrected chi connectivity index (χ4v) is 2.77. The zero-order valence-corrected chi connectivity index (χ0v) is 15.1. The van der Waals surface area contributed by atoms with Gasteiger partial charge in [-0.15, -0.1) is 0 Å². The van der Waals surface area contributed by atoms with Crippen molar-refractivity contribution in [1.29, 1.82) is 0 Å². The van der Waals surface area contributed by atoms with Crippen LogP contribution in [-0.4, -0.2) is 30.4 Å². The average molecular weight is 307 g/mol. The van der Waals surface area contributed by atoms with Crippen LogP contribution in [0.25, 0.3) is 0 Å². The molecule has 1 unspecified atom stereocenters. The summed E-state index contributed by atoms with van der Waals surface area (Å²) in [4.78, 5) is 0. The molecule has 2 aliphatic carbocycles. The molecule has 0 heterocycles. The van der Waals surface area contributed by atoms with E-state index in [2.05, 4.69) is 65.1 Å². The largest absolute Gasteiger partial charge is 0.493 e. The van der Waals surface area contributed by atoms with Crippen molar-refractivity contribution < 1.29 is 9.47 Å². The smallest absolute Gasteiger partial charge is 0.117 e. The minimum atomic E-state index is 0.167. The molecular formula is C19H33NO2. The molecule has 0 radical (unpaired) electrons. The van der Waals surface area contributed by atoms with Crippen LogP contribution in [0, 0.1) is 5.41 Å². The lowest BCUT2D eigenvalue weighted by Crippen LogP contribution is -2.53. The Hall–Kier alpha value is -0.800. The first-order valence-electron chi connectivity index (χ1n) is 8.55. The molecule has 2 aliphatic rings. The SMILES string of the molecule is CC(C)(C)COC1=CC(O[C@H]2C[C@@H](NC(C)(C)C)C2)CC=C1. The standard InChI is InChI=1S/C19H33NO2/c1-18(2,3)13-21-15-8-7-9-16(12-15)22-17-10-14(11-17)20-19(4,5)6/h7-8,12,14,16-17,20H,9-11,13H2,1-6H3/t14-,16?,17+. The lowest BCUT2D eigenvalue weighted by Gasteiger charge is -2.41. The number of hydrogen-bond donors (Lipinski definition) is 1. The van der Waals surface area contributed by atoms with Gasteiger partial charge in [-0.3, -0.25) is 0 Å². The van der Waals surface area contributed by atoms with Crippen LogP contribution >= 0.6 is 0 Å². The summed E-state index contributed by atoms with van der Waals surface area (Å²) in [5.41, 5.74) is 0.374. The second-order valence-electron chi connectivity index (χ2n) is 8.92. The zero-order chi connectivity index (χ0) is 16.4. The first-order chi connectivity index (χ1) is 10.1. The molecular weight excluding hydrogens is 274 g/mol. The Labute approximate surface area is 136 Å². The number of nitrogens with one attached hydrogen (secondary N) is 1. The molecule has 1 atom stereocenters. The summed E-state index contributed by atoms with van der Waals surface area (Å²) in [6.45, 7) is 13.9. The molecule has 0 aromatic heterocycles. The van der Waals surface area contributed by atoms with Crippen molar-refractivity contribution in [2.75, 3.05) is 6.61 Å². The van der Waals surface area contributed by atoms with Gasteiger partial charge >= 0.3 is 0 Å². The Kier molecular flexibility index (Phi) is 5.39. The molecule has 3 heteroatoms. The van der Waals surface area contributed by atoms with Crippen molar-refractivity contribution in [2.24, 2.45) is 5.41 Å². The summed E-state index contributed by atoms with van der Waals surface area (Å²) >= 11 is 0. The Bertz CT molecular complexity index is 420. The van der Waals surface area contributed by atoms with Crippen molar-refractivity contribution in [3.63, 3.8) is 0 Å². The Morgan fingerprint density at radius 3 is 2.41 bits per heavy atom. The van der Waals surface area contributed by atoms with E-state index in [1.165, 1.54) is 0 Å². The van der Waals surface area contributed by atoms with Crippen LogP contribution in [0.3, 0.4) is 0 Å². The van der Waals surface area contributed by atoms with Crippen molar-refractivity contribution in [3.8, 4) is 0 Å². The molecule has 0 aromatic rings. The molecule has 0 aliphatic heterocycles. The van der Waals surface area contributed by atoms with Gasteiger partial charge in [0.15, 0.2) is 0 Å². The molecule has 126 valence electrons. The molecule has 3 nitrogen and oxygen atoms in total. The fraction of sp³-hybridized carbons (Fsp3) is 0.789. The molecule has 0 saturated heterocycles. The van der Waals surface area contributed by atoms with Crippen molar-refractivity contribution in [1.82, 2.24) is 5.32 Å². The molecule has 0 bridgehead atoms. The van der Waals surface area contributed by atoms with Crippen LogP contribution in [0.5, 0.6) is 0 Å². The van der Waals surface area contributed by atoms with E-state index in [0.717, 1.165) is 31.6 Å². The molecule has 22 heavy (non-hydrogen) atoms. The predicted molar refractivity (Wildman–Crippen MR) is 91.8 cm³/mol. The average Bonchev–Trinajstić information content (AvgIpc) is 2.32. The van der Waals surface area contributed by atoms with Crippen LogP contribution in [-0.2, 0) is 9.47 Å².